The van der Waals surface area contributed by atoms with Gasteiger partial charge < -0.3 is 26.2 Å². The van der Waals surface area contributed by atoms with E-state index >= 15 is 0 Å². The zero-order valence-electron chi connectivity index (χ0n) is 18.1. The molecule has 2 unspecified atom stereocenters. The van der Waals surface area contributed by atoms with Gasteiger partial charge >= 0.3 is 11.9 Å². The lowest BCUT2D eigenvalue weighted by Crippen LogP contribution is -2.31. The van der Waals surface area contributed by atoms with Crippen LogP contribution in [0.4, 0.5) is 0 Å². The molecule has 0 saturated heterocycles. The summed E-state index contributed by atoms with van der Waals surface area (Å²) in [5.74, 6) is 3.83. The lowest BCUT2D eigenvalue weighted by molar-refractivity contribution is -0.134. The third kappa shape index (κ3) is 16.2. The fourth-order valence-corrected chi connectivity index (χ4v) is 3.44. The number of carbonyl (C=O) groups is 2. The van der Waals surface area contributed by atoms with Crippen LogP contribution in [-0.2, 0) is 9.59 Å². The average molecular weight is 454 g/mol. The van der Waals surface area contributed by atoms with Gasteiger partial charge in [0, 0.05) is 34.4 Å². The SMILES string of the molecule is CCCCCCCCCCC#Cc1csc(C(O)C(N)CO)c1.O=C(O)/C=C\C(=O)O. The van der Waals surface area contributed by atoms with E-state index in [9.17, 15) is 14.7 Å². The van der Waals surface area contributed by atoms with Gasteiger partial charge in [0.25, 0.3) is 0 Å². The van der Waals surface area contributed by atoms with Crippen LogP contribution in [0, 0.1) is 11.8 Å². The third-order valence-corrected chi connectivity index (χ3v) is 5.29. The van der Waals surface area contributed by atoms with Crippen molar-refractivity contribution in [3.63, 3.8) is 0 Å². The van der Waals surface area contributed by atoms with Gasteiger partial charge in [-0.25, -0.2) is 9.59 Å². The second-order valence-corrected chi connectivity index (χ2v) is 8.01. The zero-order valence-corrected chi connectivity index (χ0v) is 18.9. The summed E-state index contributed by atoms with van der Waals surface area (Å²) in [4.78, 5) is 19.9. The predicted molar refractivity (Wildman–Crippen MR) is 123 cm³/mol. The molecular formula is C23H35NO6S. The molecule has 0 aliphatic heterocycles. The van der Waals surface area contributed by atoms with Crippen LogP contribution in [0.5, 0.6) is 0 Å². The van der Waals surface area contributed by atoms with E-state index in [2.05, 4.69) is 18.8 Å². The van der Waals surface area contributed by atoms with Gasteiger partial charge in [0.1, 0.15) is 6.10 Å². The lowest BCUT2D eigenvalue weighted by Gasteiger charge is -2.14. The van der Waals surface area contributed by atoms with Crippen molar-refractivity contribution in [1.82, 2.24) is 0 Å². The molecule has 1 heterocycles. The Bertz CT molecular complexity index is 703. The topological polar surface area (TPSA) is 141 Å². The maximum atomic E-state index is 9.93. The number of aliphatic carboxylic acids is 2. The van der Waals surface area contributed by atoms with Crippen molar-refractivity contribution >= 4 is 23.3 Å². The highest BCUT2D eigenvalue weighted by atomic mass is 32.1. The molecule has 0 spiro atoms. The van der Waals surface area contributed by atoms with E-state index in [0.29, 0.717) is 12.2 Å². The Kier molecular flexibility index (Phi) is 17.3. The molecule has 7 nitrogen and oxygen atoms in total. The average Bonchev–Trinajstić information content (AvgIpc) is 3.21. The van der Waals surface area contributed by atoms with E-state index in [1.165, 1.54) is 56.3 Å². The van der Waals surface area contributed by atoms with E-state index in [4.69, 9.17) is 21.1 Å². The number of thiophene rings is 1. The molecular weight excluding hydrogens is 418 g/mol. The van der Waals surface area contributed by atoms with Gasteiger partial charge in [-0.3, -0.25) is 0 Å². The quantitative estimate of drug-likeness (QED) is 0.174. The number of aliphatic hydroxyl groups excluding tert-OH is 2. The maximum absolute atomic E-state index is 9.93. The molecule has 0 bridgehead atoms. The second-order valence-electron chi connectivity index (χ2n) is 7.07. The number of carboxylic acid groups (broad SMARTS) is 2. The Morgan fingerprint density at radius 2 is 1.61 bits per heavy atom. The van der Waals surface area contributed by atoms with Gasteiger partial charge in [-0.1, -0.05) is 63.7 Å². The van der Waals surface area contributed by atoms with E-state index < -0.39 is 24.1 Å². The predicted octanol–water partition coefficient (Wildman–Crippen LogP) is 3.70. The molecule has 0 fully saturated rings. The molecule has 31 heavy (non-hydrogen) atoms. The second kappa shape index (κ2) is 18.6. The largest absolute Gasteiger partial charge is 0.478 e. The fraction of sp³-hybridized carbons (Fsp3) is 0.565. The number of nitrogens with two attached hydrogens (primary N) is 1. The molecule has 1 aromatic heterocycles. The summed E-state index contributed by atoms with van der Waals surface area (Å²) in [5, 5.41) is 36.5. The minimum atomic E-state index is -1.26. The van der Waals surface area contributed by atoms with Crippen molar-refractivity contribution in [2.45, 2.75) is 76.9 Å². The first-order valence-corrected chi connectivity index (χ1v) is 11.5. The summed E-state index contributed by atoms with van der Waals surface area (Å²) in [6.07, 6.45) is 11.8. The molecule has 0 radical (unpaired) electrons. The summed E-state index contributed by atoms with van der Waals surface area (Å²) >= 11 is 1.44. The molecule has 0 aromatic carbocycles. The zero-order chi connectivity index (χ0) is 23.5. The van der Waals surface area contributed by atoms with Crippen LogP contribution in [0.3, 0.4) is 0 Å². The van der Waals surface area contributed by atoms with Crippen LogP contribution in [0.25, 0.3) is 0 Å². The monoisotopic (exact) mass is 453 g/mol. The highest BCUT2D eigenvalue weighted by Gasteiger charge is 2.17. The van der Waals surface area contributed by atoms with Gasteiger partial charge in [-0.15, -0.1) is 11.3 Å². The number of rotatable bonds is 13. The van der Waals surface area contributed by atoms with Crippen molar-refractivity contribution in [2.75, 3.05) is 6.61 Å². The van der Waals surface area contributed by atoms with Gasteiger partial charge in [0.2, 0.25) is 0 Å². The molecule has 0 saturated carbocycles. The first kappa shape index (κ1) is 28.8. The third-order valence-electron chi connectivity index (χ3n) is 4.28. The minimum Gasteiger partial charge on any atom is -0.478 e. The Morgan fingerprint density at radius 1 is 1.06 bits per heavy atom. The first-order chi connectivity index (χ1) is 14.8. The first-order valence-electron chi connectivity index (χ1n) is 10.6. The summed E-state index contributed by atoms with van der Waals surface area (Å²) in [7, 11) is 0. The molecule has 0 amide bonds. The van der Waals surface area contributed by atoms with Crippen molar-refractivity contribution in [2.24, 2.45) is 5.73 Å². The number of aliphatic hydroxyl groups is 2. The van der Waals surface area contributed by atoms with Crippen LogP contribution in [0.1, 0.15) is 81.3 Å². The Labute approximate surface area is 188 Å². The molecule has 0 aliphatic carbocycles. The van der Waals surface area contributed by atoms with E-state index in [1.807, 2.05) is 11.4 Å². The number of hydrogen-bond donors (Lipinski definition) is 5. The molecule has 1 aromatic rings. The van der Waals surface area contributed by atoms with Gasteiger partial charge in [-0.2, -0.15) is 0 Å². The van der Waals surface area contributed by atoms with Gasteiger partial charge in [0.15, 0.2) is 0 Å². The molecule has 6 N–H and O–H groups in total. The number of carboxylic acids is 2. The van der Waals surface area contributed by atoms with Crippen molar-refractivity contribution in [3.8, 4) is 11.8 Å². The summed E-state index contributed by atoms with van der Waals surface area (Å²) in [5.41, 5.74) is 6.56. The number of unbranched alkanes of at least 4 members (excludes halogenated alkanes) is 8. The maximum Gasteiger partial charge on any atom is 0.328 e. The van der Waals surface area contributed by atoms with Crippen molar-refractivity contribution in [1.29, 1.82) is 0 Å². The van der Waals surface area contributed by atoms with Gasteiger partial charge in [-0.05, 0) is 12.5 Å². The lowest BCUT2D eigenvalue weighted by atomic mass is 10.1. The fourth-order valence-electron chi connectivity index (χ4n) is 2.54. The highest BCUT2D eigenvalue weighted by Crippen LogP contribution is 2.23. The summed E-state index contributed by atoms with van der Waals surface area (Å²) in [6.45, 7) is 2.02. The molecule has 2 atom stereocenters. The van der Waals surface area contributed by atoms with Crippen molar-refractivity contribution < 1.29 is 30.0 Å². The molecule has 8 heteroatoms. The van der Waals surface area contributed by atoms with Crippen LogP contribution in [-0.4, -0.2) is 45.0 Å². The van der Waals surface area contributed by atoms with E-state index in [0.717, 1.165) is 23.3 Å². The molecule has 1 rings (SSSR count). The smallest absolute Gasteiger partial charge is 0.328 e. The standard InChI is InChI=1S/C19H31NO2S.C4H4O4/c1-2-3-4-5-6-7-8-9-10-11-12-16-13-18(23-15-16)19(22)17(20)14-21;5-3(6)1-2-4(7)8/h13,15,17,19,21-22H,2-10,14,20H2,1H3;1-2H,(H,5,6)(H,7,8)/b;2-1-. The van der Waals surface area contributed by atoms with E-state index in [-0.39, 0.29) is 6.61 Å². The highest BCUT2D eigenvalue weighted by molar-refractivity contribution is 7.10. The Hall–Kier alpha value is -2.18. The normalized spacial score (nSPS) is 12.4. The van der Waals surface area contributed by atoms with Crippen LogP contribution < -0.4 is 5.73 Å². The Morgan fingerprint density at radius 3 is 2.13 bits per heavy atom. The van der Waals surface area contributed by atoms with Crippen molar-refractivity contribution in [3.05, 3.63) is 34.0 Å². The number of hydrogen-bond acceptors (Lipinski definition) is 6. The van der Waals surface area contributed by atoms with E-state index in [1.54, 1.807) is 0 Å². The minimum absolute atomic E-state index is 0.224. The van der Waals surface area contributed by atoms with Crippen LogP contribution in [0.15, 0.2) is 23.6 Å². The van der Waals surface area contributed by atoms with Crippen LogP contribution >= 0.6 is 11.3 Å². The van der Waals surface area contributed by atoms with Crippen LogP contribution in [0.2, 0.25) is 0 Å². The molecule has 0 aliphatic rings. The van der Waals surface area contributed by atoms with Gasteiger partial charge in [0.05, 0.1) is 12.6 Å². The Balaban J connectivity index is 0.000000954. The summed E-state index contributed by atoms with van der Waals surface area (Å²) < 4.78 is 0. The summed E-state index contributed by atoms with van der Waals surface area (Å²) in [6, 6.07) is 1.23. The molecule has 174 valence electrons.